The number of carbonyl (C=O) groups is 3. The van der Waals surface area contributed by atoms with Gasteiger partial charge in [0.15, 0.2) is 0 Å². The molecule has 4 aliphatic rings. The summed E-state index contributed by atoms with van der Waals surface area (Å²) >= 11 is 0. The SMILES string of the molecule is CC(=O)CC1(CNC(=O)NCC2(CC(=O)O)CC3CC(C)=CC32)CC2CC(C)=CC21. The minimum absolute atomic E-state index is 0.0837. The second-order valence-corrected chi connectivity index (χ2v) is 10.6. The lowest BCUT2D eigenvalue weighted by atomic mass is 9.53. The quantitative estimate of drug-likeness (QED) is 0.528. The molecule has 30 heavy (non-hydrogen) atoms. The molecule has 0 aliphatic heterocycles. The Morgan fingerprint density at radius 2 is 1.40 bits per heavy atom. The first kappa shape index (κ1) is 21.1. The van der Waals surface area contributed by atoms with Crippen molar-refractivity contribution in [2.75, 3.05) is 13.1 Å². The second-order valence-electron chi connectivity index (χ2n) is 10.6. The molecule has 0 bridgehead atoms. The summed E-state index contributed by atoms with van der Waals surface area (Å²) in [4.78, 5) is 36.0. The van der Waals surface area contributed by atoms with Gasteiger partial charge in [-0.1, -0.05) is 23.3 Å². The van der Waals surface area contributed by atoms with Crippen LogP contribution in [0.2, 0.25) is 0 Å². The highest BCUT2D eigenvalue weighted by Gasteiger charge is 2.56. The van der Waals surface area contributed by atoms with Gasteiger partial charge in [0.1, 0.15) is 5.78 Å². The normalized spacial score (nSPS) is 38.4. The van der Waals surface area contributed by atoms with Crippen molar-refractivity contribution >= 4 is 17.8 Å². The van der Waals surface area contributed by atoms with Gasteiger partial charge in [-0.15, -0.1) is 0 Å². The summed E-state index contributed by atoms with van der Waals surface area (Å²) in [6, 6.07) is -0.257. The molecule has 0 heterocycles. The fraction of sp³-hybridized carbons (Fsp3) is 0.708. The summed E-state index contributed by atoms with van der Waals surface area (Å²) in [6.07, 6.45) is 9.05. The molecule has 2 amide bonds. The van der Waals surface area contributed by atoms with Gasteiger partial charge in [0.25, 0.3) is 0 Å². The number of hydrogen-bond donors (Lipinski definition) is 3. The van der Waals surface area contributed by atoms with E-state index in [4.69, 9.17) is 0 Å². The number of fused-ring (bicyclic) bond motifs is 2. The number of carboxylic acid groups (broad SMARTS) is 1. The Hall–Kier alpha value is -2.11. The Kier molecular flexibility index (Phi) is 5.31. The van der Waals surface area contributed by atoms with Crippen LogP contribution < -0.4 is 10.6 Å². The van der Waals surface area contributed by atoms with E-state index in [1.807, 2.05) is 0 Å². The average molecular weight is 415 g/mol. The zero-order chi connectivity index (χ0) is 21.7. The summed E-state index contributed by atoms with van der Waals surface area (Å²) < 4.78 is 0. The van der Waals surface area contributed by atoms with Gasteiger partial charge in [0.2, 0.25) is 0 Å². The predicted molar refractivity (Wildman–Crippen MR) is 114 cm³/mol. The molecule has 2 fully saturated rings. The van der Waals surface area contributed by atoms with Crippen molar-refractivity contribution in [3.05, 3.63) is 23.3 Å². The van der Waals surface area contributed by atoms with Crippen molar-refractivity contribution in [2.24, 2.45) is 34.5 Å². The molecule has 0 aromatic heterocycles. The molecule has 6 unspecified atom stereocenters. The van der Waals surface area contributed by atoms with Crippen molar-refractivity contribution in [1.29, 1.82) is 0 Å². The van der Waals surface area contributed by atoms with Gasteiger partial charge in [-0.2, -0.15) is 0 Å². The predicted octanol–water partition coefficient (Wildman–Crippen LogP) is 3.68. The van der Waals surface area contributed by atoms with E-state index in [0.29, 0.717) is 37.3 Å². The number of hydrogen-bond acceptors (Lipinski definition) is 3. The number of ketones is 1. The van der Waals surface area contributed by atoms with Crippen LogP contribution in [0, 0.1) is 34.5 Å². The molecule has 2 saturated carbocycles. The molecule has 0 spiro atoms. The van der Waals surface area contributed by atoms with Gasteiger partial charge < -0.3 is 20.5 Å². The third-order valence-electron chi connectivity index (χ3n) is 8.17. The fourth-order valence-corrected chi connectivity index (χ4v) is 7.11. The largest absolute Gasteiger partial charge is 0.481 e. The van der Waals surface area contributed by atoms with Crippen LogP contribution in [0.5, 0.6) is 0 Å². The topological polar surface area (TPSA) is 95.5 Å². The van der Waals surface area contributed by atoms with Gasteiger partial charge in [-0.25, -0.2) is 4.79 Å². The highest BCUT2D eigenvalue weighted by Crippen LogP contribution is 2.60. The molecule has 6 heteroatoms. The number of carbonyl (C=O) groups excluding carboxylic acids is 2. The van der Waals surface area contributed by atoms with E-state index in [0.717, 1.165) is 25.7 Å². The number of aliphatic carboxylic acids is 1. The van der Waals surface area contributed by atoms with Crippen LogP contribution in [-0.4, -0.2) is 36.0 Å². The van der Waals surface area contributed by atoms with Crippen LogP contribution in [0.4, 0.5) is 4.79 Å². The summed E-state index contributed by atoms with van der Waals surface area (Å²) in [5, 5.41) is 15.4. The van der Waals surface area contributed by atoms with E-state index in [1.165, 1.54) is 11.1 Å². The maximum atomic E-state index is 12.6. The van der Waals surface area contributed by atoms with Crippen molar-refractivity contribution in [2.45, 2.75) is 59.3 Å². The Bertz CT molecular complexity index is 765. The van der Waals surface area contributed by atoms with E-state index in [9.17, 15) is 19.5 Å². The molecule has 6 atom stereocenters. The Balaban J connectivity index is 1.35. The highest BCUT2D eigenvalue weighted by atomic mass is 16.4. The molecule has 0 radical (unpaired) electrons. The summed E-state index contributed by atoms with van der Waals surface area (Å²) in [6.45, 7) is 6.73. The van der Waals surface area contributed by atoms with Crippen LogP contribution in [0.25, 0.3) is 0 Å². The molecular weight excluding hydrogens is 380 g/mol. The molecule has 3 N–H and O–H groups in total. The van der Waals surface area contributed by atoms with Crippen LogP contribution in [0.3, 0.4) is 0 Å². The highest BCUT2D eigenvalue weighted by molar-refractivity contribution is 5.77. The lowest BCUT2D eigenvalue weighted by Crippen LogP contribution is -2.57. The molecule has 164 valence electrons. The van der Waals surface area contributed by atoms with E-state index >= 15 is 0 Å². The van der Waals surface area contributed by atoms with Gasteiger partial charge in [0.05, 0.1) is 6.42 Å². The first-order chi connectivity index (χ1) is 14.1. The van der Waals surface area contributed by atoms with Crippen molar-refractivity contribution in [1.82, 2.24) is 10.6 Å². The van der Waals surface area contributed by atoms with Crippen LogP contribution in [-0.2, 0) is 9.59 Å². The van der Waals surface area contributed by atoms with Crippen LogP contribution >= 0.6 is 0 Å². The monoisotopic (exact) mass is 414 g/mol. The summed E-state index contributed by atoms with van der Waals surface area (Å²) in [5.74, 6) is 1.11. The number of amides is 2. The Morgan fingerprint density at radius 1 is 0.933 bits per heavy atom. The van der Waals surface area contributed by atoms with Crippen molar-refractivity contribution in [3.63, 3.8) is 0 Å². The van der Waals surface area contributed by atoms with Crippen LogP contribution in [0.1, 0.15) is 59.3 Å². The number of Topliss-reactive ketones (excluding diaryl/α,β-unsaturated/α-hetero) is 1. The maximum absolute atomic E-state index is 12.6. The van der Waals surface area contributed by atoms with E-state index in [1.54, 1.807) is 6.92 Å². The third kappa shape index (κ3) is 3.69. The van der Waals surface area contributed by atoms with Gasteiger partial charge in [-0.05, 0) is 70.1 Å². The minimum atomic E-state index is -0.807. The van der Waals surface area contributed by atoms with Gasteiger partial charge in [0, 0.05) is 30.3 Å². The minimum Gasteiger partial charge on any atom is -0.481 e. The summed E-state index contributed by atoms with van der Waals surface area (Å²) in [7, 11) is 0. The summed E-state index contributed by atoms with van der Waals surface area (Å²) in [5.41, 5.74) is 2.16. The number of allylic oxidation sites excluding steroid dienone is 4. The fourth-order valence-electron chi connectivity index (χ4n) is 7.11. The maximum Gasteiger partial charge on any atom is 0.314 e. The first-order valence-electron chi connectivity index (χ1n) is 11.2. The molecule has 6 nitrogen and oxygen atoms in total. The van der Waals surface area contributed by atoms with Crippen molar-refractivity contribution in [3.8, 4) is 0 Å². The molecule has 4 aliphatic carbocycles. The number of urea groups is 1. The molecule has 4 rings (SSSR count). The standard InChI is InChI=1S/C24H34N2O4/c1-14-4-17-9-23(8-16(3)27,19(17)6-14)12-25-22(30)26-13-24(11-21(28)29)10-18-5-15(2)7-20(18)24/h6-7,17-20H,4-5,8-13H2,1-3H3,(H,28,29)(H2,25,26,30). The zero-order valence-electron chi connectivity index (χ0n) is 18.3. The van der Waals surface area contributed by atoms with Gasteiger partial charge >= 0.3 is 12.0 Å². The average Bonchev–Trinajstić information content (AvgIpc) is 3.12. The number of rotatable bonds is 8. The molecule has 0 aromatic carbocycles. The Labute approximate surface area is 178 Å². The van der Waals surface area contributed by atoms with Crippen molar-refractivity contribution < 1.29 is 19.5 Å². The lowest BCUT2D eigenvalue weighted by Gasteiger charge is -2.53. The molecule has 0 saturated heterocycles. The first-order valence-corrected chi connectivity index (χ1v) is 11.2. The second kappa shape index (κ2) is 7.54. The van der Waals surface area contributed by atoms with E-state index < -0.39 is 5.97 Å². The smallest absolute Gasteiger partial charge is 0.314 e. The third-order valence-corrected chi connectivity index (χ3v) is 8.17. The lowest BCUT2D eigenvalue weighted by molar-refractivity contribution is -0.144. The molecular formula is C24H34N2O4. The zero-order valence-corrected chi connectivity index (χ0v) is 18.3. The number of nitrogens with one attached hydrogen (secondary N) is 2. The number of carboxylic acids is 1. The van der Waals surface area contributed by atoms with Gasteiger partial charge in [-0.3, -0.25) is 4.79 Å². The van der Waals surface area contributed by atoms with Crippen LogP contribution in [0.15, 0.2) is 23.3 Å². The molecule has 0 aromatic rings. The van der Waals surface area contributed by atoms with E-state index in [2.05, 4.69) is 36.6 Å². The van der Waals surface area contributed by atoms with E-state index in [-0.39, 0.29) is 35.0 Å². The Morgan fingerprint density at radius 3 is 1.80 bits per heavy atom.